The lowest BCUT2D eigenvalue weighted by molar-refractivity contribution is -0.137. The zero-order valence-corrected chi connectivity index (χ0v) is 13.4. The summed E-state index contributed by atoms with van der Waals surface area (Å²) in [6.07, 6.45) is 1.13. The lowest BCUT2D eigenvalue weighted by Gasteiger charge is -2.34. The number of benzene rings is 1. The van der Waals surface area contributed by atoms with Crippen molar-refractivity contribution in [2.24, 2.45) is 11.8 Å². The number of hydrogen-bond donors (Lipinski definition) is 0. The van der Waals surface area contributed by atoms with Gasteiger partial charge in [0.15, 0.2) is 6.61 Å². The van der Waals surface area contributed by atoms with Crippen molar-refractivity contribution in [2.75, 3.05) is 26.8 Å². The highest BCUT2D eigenvalue weighted by atomic mass is 16.5. The second-order valence-electron chi connectivity index (χ2n) is 6.05. The molecule has 1 heterocycles. The molecular formula is C17H23NO4. The Hall–Kier alpha value is -2.04. The van der Waals surface area contributed by atoms with E-state index in [2.05, 4.69) is 13.8 Å². The summed E-state index contributed by atoms with van der Waals surface area (Å²) >= 11 is 0. The number of ether oxygens (including phenoxy) is 2. The van der Waals surface area contributed by atoms with Crippen molar-refractivity contribution >= 4 is 11.9 Å². The molecule has 120 valence electrons. The molecule has 1 fully saturated rings. The number of nitrogens with zero attached hydrogens (tertiary/aromatic N) is 1. The summed E-state index contributed by atoms with van der Waals surface area (Å²) in [5, 5.41) is 0. The molecule has 1 saturated heterocycles. The normalized spacial score (nSPS) is 21.3. The highest BCUT2D eigenvalue weighted by Gasteiger charge is 2.26. The molecule has 1 aliphatic rings. The lowest BCUT2D eigenvalue weighted by Crippen LogP contribution is -2.44. The fourth-order valence-electron chi connectivity index (χ4n) is 2.90. The molecular weight excluding hydrogens is 282 g/mol. The first-order chi connectivity index (χ1) is 10.5. The van der Waals surface area contributed by atoms with Crippen LogP contribution in [0.2, 0.25) is 0 Å². The van der Waals surface area contributed by atoms with Crippen LogP contribution in [0.25, 0.3) is 0 Å². The fourth-order valence-corrected chi connectivity index (χ4v) is 2.90. The summed E-state index contributed by atoms with van der Waals surface area (Å²) in [7, 11) is 1.56. The SMILES string of the molecule is COc1ccc(C(=O)OCC(=O)N2C[C@H](C)C[C@H](C)C2)cc1. The number of amides is 1. The summed E-state index contributed by atoms with van der Waals surface area (Å²) < 4.78 is 10.1. The van der Waals surface area contributed by atoms with E-state index in [1.165, 1.54) is 0 Å². The Balaban J connectivity index is 1.85. The van der Waals surface area contributed by atoms with E-state index < -0.39 is 5.97 Å². The average molecular weight is 305 g/mol. The number of carbonyl (C=O) groups is 2. The maximum Gasteiger partial charge on any atom is 0.338 e. The predicted molar refractivity (Wildman–Crippen MR) is 82.8 cm³/mol. The molecule has 1 amide bonds. The van der Waals surface area contributed by atoms with Crippen LogP contribution in [0.1, 0.15) is 30.6 Å². The van der Waals surface area contributed by atoms with Crippen molar-refractivity contribution in [1.29, 1.82) is 0 Å². The van der Waals surface area contributed by atoms with Crippen molar-refractivity contribution in [2.45, 2.75) is 20.3 Å². The lowest BCUT2D eigenvalue weighted by atomic mass is 9.92. The summed E-state index contributed by atoms with van der Waals surface area (Å²) in [5.74, 6) is 1.04. The molecule has 0 bridgehead atoms. The molecule has 0 spiro atoms. The molecule has 1 aromatic carbocycles. The van der Waals surface area contributed by atoms with Gasteiger partial charge in [-0.15, -0.1) is 0 Å². The minimum Gasteiger partial charge on any atom is -0.497 e. The largest absolute Gasteiger partial charge is 0.497 e. The third-order valence-corrected chi connectivity index (χ3v) is 3.87. The summed E-state index contributed by atoms with van der Waals surface area (Å²) in [5.41, 5.74) is 0.411. The van der Waals surface area contributed by atoms with Crippen LogP contribution < -0.4 is 4.74 Å². The van der Waals surface area contributed by atoms with E-state index in [1.54, 1.807) is 36.3 Å². The Morgan fingerprint density at radius 3 is 2.27 bits per heavy atom. The van der Waals surface area contributed by atoms with Crippen LogP contribution >= 0.6 is 0 Å². The van der Waals surface area contributed by atoms with Crippen LogP contribution in [-0.4, -0.2) is 43.6 Å². The molecule has 1 aliphatic heterocycles. The molecule has 0 N–H and O–H groups in total. The molecule has 5 nitrogen and oxygen atoms in total. The Morgan fingerprint density at radius 2 is 1.73 bits per heavy atom. The van der Waals surface area contributed by atoms with Crippen LogP contribution in [-0.2, 0) is 9.53 Å². The van der Waals surface area contributed by atoms with Crippen LogP contribution in [0.15, 0.2) is 24.3 Å². The van der Waals surface area contributed by atoms with Gasteiger partial charge >= 0.3 is 5.97 Å². The first kappa shape index (κ1) is 16.3. The van der Waals surface area contributed by atoms with Crippen LogP contribution in [0.3, 0.4) is 0 Å². The van der Waals surface area contributed by atoms with E-state index in [4.69, 9.17) is 9.47 Å². The predicted octanol–water partition coefficient (Wildman–Crippen LogP) is 2.36. The van der Waals surface area contributed by atoms with Gasteiger partial charge in [0.1, 0.15) is 5.75 Å². The molecule has 5 heteroatoms. The number of methoxy groups -OCH3 is 1. The van der Waals surface area contributed by atoms with Gasteiger partial charge in [-0.1, -0.05) is 13.8 Å². The Bertz CT molecular complexity index is 516. The zero-order chi connectivity index (χ0) is 16.1. The topological polar surface area (TPSA) is 55.8 Å². The molecule has 0 aliphatic carbocycles. The van der Waals surface area contributed by atoms with Gasteiger partial charge in [0.25, 0.3) is 5.91 Å². The molecule has 2 atom stereocenters. The monoisotopic (exact) mass is 305 g/mol. The van der Waals surface area contributed by atoms with Crippen molar-refractivity contribution < 1.29 is 19.1 Å². The number of likely N-dealkylation sites (tertiary alicyclic amines) is 1. The smallest absolute Gasteiger partial charge is 0.338 e. The van der Waals surface area contributed by atoms with Gasteiger partial charge in [0.2, 0.25) is 0 Å². The molecule has 0 unspecified atom stereocenters. The van der Waals surface area contributed by atoms with Crippen molar-refractivity contribution in [3.63, 3.8) is 0 Å². The average Bonchev–Trinajstić information content (AvgIpc) is 2.51. The summed E-state index contributed by atoms with van der Waals surface area (Å²) in [6.45, 7) is 5.55. The number of piperidine rings is 1. The Labute approximate surface area is 131 Å². The van der Waals surface area contributed by atoms with Gasteiger partial charge < -0.3 is 14.4 Å². The fraction of sp³-hybridized carbons (Fsp3) is 0.529. The molecule has 0 aromatic heterocycles. The van der Waals surface area contributed by atoms with E-state index >= 15 is 0 Å². The minimum atomic E-state index is -0.492. The third-order valence-electron chi connectivity index (χ3n) is 3.87. The van der Waals surface area contributed by atoms with E-state index in [9.17, 15) is 9.59 Å². The number of rotatable bonds is 4. The second-order valence-corrected chi connectivity index (χ2v) is 6.05. The maximum atomic E-state index is 12.2. The van der Waals surface area contributed by atoms with E-state index in [0.29, 0.717) is 23.1 Å². The van der Waals surface area contributed by atoms with Gasteiger partial charge in [-0.3, -0.25) is 4.79 Å². The molecule has 0 radical (unpaired) electrons. The molecule has 2 rings (SSSR count). The minimum absolute atomic E-state index is 0.125. The van der Waals surface area contributed by atoms with Gasteiger partial charge in [-0.05, 0) is 42.5 Å². The highest BCUT2D eigenvalue weighted by molar-refractivity contribution is 5.91. The van der Waals surface area contributed by atoms with Gasteiger partial charge in [-0.2, -0.15) is 0 Å². The van der Waals surface area contributed by atoms with E-state index in [1.807, 2.05) is 0 Å². The number of hydrogen-bond acceptors (Lipinski definition) is 4. The van der Waals surface area contributed by atoms with E-state index in [-0.39, 0.29) is 12.5 Å². The number of carbonyl (C=O) groups excluding carboxylic acids is 2. The molecule has 22 heavy (non-hydrogen) atoms. The first-order valence-electron chi connectivity index (χ1n) is 7.58. The van der Waals surface area contributed by atoms with Crippen molar-refractivity contribution in [1.82, 2.24) is 4.90 Å². The van der Waals surface area contributed by atoms with Crippen LogP contribution in [0, 0.1) is 11.8 Å². The van der Waals surface area contributed by atoms with Crippen molar-refractivity contribution in [3.8, 4) is 5.75 Å². The van der Waals surface area contributed by atoms with Crippen LogP contribution in [0.4, 0.5) is 0 Å². The summed E-state index contributed by atoms with van der Waals surface area (Å²) in [4.78, 5) is 25.9. The van der Waals surface area contributed by atoms with Gasteiger partial charge in [0, 0.05) is 13.1 Å². The standard InChI is InChI=1S/C17H23NO4/c1-12-8-13(2)10-18(9-12)16(19)11-22-17(20)14-4-6-15(21-3)7-5-14/h4-7,12-13H,8-11H2,1-3H3/t12-,13+. The Morgan fingerprint density at radius 1 is 1.14 bits per heavy atom. The summed E-state index contributed by atoms with van der Waals surface area (Å²) in [6, 6.07) is 6.62. The highest BCUT2D eigenvalue weighted by Crippen LogP contribution is 2.21. The zero-order valence-electron chi connectivity index (χ0n) is 13.4. The Kier molecular flexibility index (Phi) is 5.41. The van der Waals surface area contributed by atoms with Crippen LogP contribution in [0.5, 0.6) is 5.75 Å². The van der Waals surface area contributed by atoms with Gasteiger partial charge in [-0.25, -0.2) is 4.79 Å². The molecule has 0 saturated carbocycles. The quantitative estimate of drug-likeness (QED) is 0.801. The third kappa shape index (κ3) is 4.23. The second kappa shape index (κ2) is 7.29. The van der Waals surface area contributed by atoms with E-state index in [0.717, 1.165) is 19.5 Å². The van der Waals surface area contributed by atoms with Crippen molar-refractivity contribution in [3.05, 3.63) is 29.8 Å². The van der Waals surface area contributed by atoms with Gasteiger partial charge in [0.05, 0.1) is 12.7 Å². The first-order valence-corrected chi connectivity index (χ1v) is 7.58. The number of esters is 1. The maximum absolute atomic E-state index is 12.2. The molecule has 1 aromatic rings.